The van der Waals surface area contributed by atoms with E-state index in [1.54, 1.807) is 62.9 Å². The number of rotatable bonds is 36. The molecule has 1 unspecified atom stereocenters. The number of aliphatic carboxylic acids is 3. The summed E-state index contributed by atoms with van der Waals surface area (Å²) >= 11 is 0. The lowest BCUT2D eigenvalue weighted by atomic mass is 9.90. The number of nitrogens with one attached hydrogen (secondary N) is 7. The molecule has 1 aliphatic heterocycles. The number of carboxylic acids is 3. The Balaban J connectivity index is 1.24. The molecular formula is C58H85N13O15. The lowest BCUT2D eigenvalue weighted by Gasteiger charge is -2.35. The van der Waals surface area contributed by atoms with Gasteiger partial charge in [0.05, 0.1) is 45.4 Å². The molecular weight excluding hydrogens is 1120 g/mol. The normalized spacial score (nSPS) is 15.1. The Morgan fingerprint density at radius 1 is 0.651 bits per heavy atom. The number of nitrogens with zero attached hydrogens (tertiary/aromatic N) is 5. The number of amides is 6. The molecule has 6 amide bonds. The summed E-state index contributed by atoms with van der Waals surface area (Å²) in [5, 5.41) is 57.7. The number of aldehydes is 1. The van der Waals surface area contributed by atoms with Crippen LogP contribution in [-0.4, -0.2) is 237 Å². The molecule has 1 aliphatic rings. The molecule has 13 N–H and O–H groups in total. The van der Waals surface area contributed by atoms with Crippen molar-refractivity contribution < 1.29 is 73.1 Å². The lowest BCUT2D eigenvalue weighted by Crippen LogP contribution is -2.54. The number of hydrogen-bond donors (Lipinski definition) is 12. The number of unbranched alkanes of at least 4 members (excludes halogenated alkanes) is 1. The largest absolute Gasteiger partial charge is 0.508 e. The molecule has 0 aromatic heterocycles. The van der Waals surface area contributed by atoms with E-state index in [4.69, 9.17) is 15.2 Å². The van der Waals surface area contributed by atoms with Gasteiger partial charge in [-0.05, 0) is 66.6 Å². The SMILES string of the molecule is CCC(=O)NCCNC(=O)NC(N)=NCCC[C@@H](NC(=O)[C@@H](c1ccccc1)c1cccc(OCCCCNC(=O)CCOCCNC(C=O)N2CCN(CC(=O)O)CCN(CC(=O)O)CCN(CC(=O)O)CC2)c1)C(=O)NCc1ccc(O)cc1. The van der Waals surface area contributed by atoms with Crippen LogP contribution >= 0.6 is 0 Å². The maximum Gasteiger partial charge on any atom is 0.321 e. The molecule has 1 saturated heterocycles. The van der Waals surface area contributed by atoms with Gasteiger partial charge in [-0.1, -0.05) is 61.5 Å². The summed E-state index contributed by atoms with van der Waals surface area (Å²) in [7, 11) is 0. The number of carbonyl (C=O) groups is 9. The summed E-state index contributed by atoms with van der Waals surface area (Å²) in [6, 6.07) is 20.9. The number of aliphatic imine (C=N–C) groups is 1. The Bertz CT molecular complexity index is 2600. The second-order valence-electron chi connectivity index (χ2n) is 20.2. The fourth-order valence-corrected chi connectivity index (χ4v) is 8.99. The number of nitrogens with two attached hydrogens (primary N) is 1. The predicted octanol–water partition coefficient (Wildman–Crippen LogP) is -0.483. The number of phenolic OH excluding ortho intramolecular Hbond substituents is 1. The minimum atomic E-state index is -1.06. The molecule has 1 fully saturated rings. The Morgan fingerprint density at radius 2 is 1.26 bits per heavy atom. The summed E-state index contributed by atoms with van der Waals surface area (Å²) in [6.45, 7) is 4.67. The Kier molecular flexibility index (Phi) is 32.7. The molecule has 0 radical (unpaired) electrons. The van der Waals surface area contributed by atoms with Crippen LogP contribution in [0.2, 0.25) is 0 Å². The summed E-state index contributed by atoms with van der Waals surface area (Å²) < 4.78 is 11.8. The molecule has 472 valence electrons. The van der Waals surface area contributed by atoms with Crippen molar-refractivity contribution >= 4 is 59.8 Å². The van der Waals surface area contributed by atoms with Crippen LogP contribution in [0.15, 0.2) is 83.9 Å². The smallest absolute Gasteiger partial charge is 0.321 e. The zero-order valence-corrected chi connectivity index (χ0v) is 48.8. The zero-order valence-electron chi connectivity index (χ0n) is 48.8. The van der Waals surface area contributed by atoms with Crippen molar-refractivity contribution in [3.05, 3.63) is 95.6 Å². The molecule has 86 heavy (non-hydrogen) atoms. The topological polar surface area (TPSA) is 389 Å². The highest BCUT2D eigenvalue weighted by molar-refractivity contribution is 5.95. The van der Waals surface area contributed by atoms with Gasteiger partial charge in [-0.15, -0.1) is 0 Å². The zero-order chi connectivity index (χ0) is 62.5. The maximum atomic E-state index is 14.5. The van der Waals surface area contributed by atoms with Crippen molar-refractivity contribution in [2.45, 2.75) is 70.1 Å². The summed E-state index contributed by atoms with van der Waals surface area (Å²) in [6.07, 6.45) is 1.93. The van der Waals surface area contributed by atoms with Gasteiger partial charge in [0.25, 0.3) is 0 Å². The van der Waals surface area contributed by atoms with E-state index in [-0.39, 0.29) is 161 Å². The molecule has 28 nitrogen and oxygen atoms in total. The molecule has 4 rings (SSSR count). The quantitative estimate of drug-likeness (QED) is 0.0151. The molecule has 0 spiro atoms. The van der Waals surface area contributed by atoms with Crippen molar-refractivity contribution in [3.63, 3.8) is 0 Å². The van der Waals surface area contributed by atoms with Gasteiger partial charge in [0.1, 0.15) is 23.7 Å². The second kappa shape index (κ2) is 40.1. The van der Waals surface area contributed by atoms with E-state index in [0.717, 1.165) is 5.56 Å². The maximum absolute atomic E-state index is 14.5. The van der Waals surface area contributed by atoms with Crippen LogP contribution < -0.4 is 47.7 Å². The minimum absolute atomic E-state index is 0.0722. The van der Waals surface area contributed by atoms with Gasteiger partial charge in [0.2, 0.25) is 23.6 Å². The molecule has 0 saturated carbocycles. The second-order valence-corrected chi connectivity index (χ2v) is 20.2. The van der Waals surface area contributed by atoms with Gasteiger partial charge < -0.3 is 67.0 Å². The number of hydrogen-bond acceptors (Lipinski definition) is 18. The van der Waals surface area contributed by atoms with Gasteiger partial charge in [-0.2, -0.15) is 0 Å². The standard InChI is InChI=1S/C58H85N13O15/c1-2-49(74)62-22-23-64-58(84)67-57(59)63-21-9-14-47(55(82)65-37-42-15-17-45(73)18-16-42)66-56(83)54(43-10-4-3-5-11-43)44-12-8-13-46(36-44)86-33-7-6-20-61-50(75)19-34-85-35-24-60-48(41-72)71-31-29-69(39-52(78)79)27-25-68(38-51(76)77)26-28-70(30-32-71)40-53(80)81/h3-5,8,10-13,15-18,36,41,47-48,54,60,73H,2,6-7,9,14,19-35,37-40H2,1H3,(H,61,75)(H,62,74)(H,65,82)(H,66,83)(H,76,77)(H,78,79)(H,80,81)(H4,59,63,64,67,84)/t47-,48?,54+/m1/s1. The Morgan fingerprint density at radius 3 is 1.87 bits per heavy atom. The average molecular weight is 1200 g/mol. The first-order valence-electron chi connectivity index (χ1n) is 28.8. The molecule has 3 aromatic carbocycles. The summed E-state index contributed by atoms with van der Waals surface area (Å²) in [5.74, 6) is -4.88. The molecule has 1 heterocycles. The van der Waals surface area contributed by atoms with Crippen LogP contribution in [0.3, 0.4) is 0 Å². The number of urea groups is 1. The number of phenols is 1. The van der Waals surface area contributed by atoms with Gasteiger partial charge in [0.15, 0.2) is 12.2 Å². The van der Waals surface area contributed by atoms with Crippen LogP contribution in [0, 0.1) is 0 Å². The minimum Gasteiger partial charge on any atom is -0.508 e. The summed E-state index contributed by atoms with van der Waals surface area (Å²) in [5.41, 5.74) is 7.93. The number of ether oxygens (including phenoxy) is 2. The summed E-state index contributed by atoms with van der Waals surface area (Å²) in [4.78, 5) is 123. The third kappa shape index (κ3) is 29.0. The van der Waals surface area contributed by atoms with E-state index in [9.17, 15) is 63.6 Å². The van der Waals surface area contributed by atoms with E-state index in [1.807, 2.05) is 30.3 Å². The van der Waals surface area contributed by atoms with Crippen LogP contribution in [0.25, 0.3) is 0 Å². The van der Waals surface area contributed by atoms with Crippen molar-refractivity contribution in [3.8, 4) is 11.5 Å². The van der Waals surface area contributed by atoms with E-state index < -0.39 is 53.9 Å². The fraction of sp³-hybridized carbons (Fsp3) is 0.517. The van der Waals surface area contributed by atoms with Crippen LogP contribution in [0.4, 0.5) is 4.79 Å². The molecule has 28 heteroatoms. The Labute approximate surface area is 500 Å². The van der Waals surface area contributed by atoms with E-state index in [1.165, 1.54) is 12.1 Å². The number of carboxylic acid groups (broad SMARTS) is 3. The molecule has 0 aliphatic carbocycles. The number of guanidine groups is 1. The highest BCUT2D eigenvalue weighted by atomic mass is 16.5. The van der Waals surface area contributed by atoms with Gasteiger partial charge >= 0.3 is 23.9 Å². The highest BCUT2D eigenvalue weighted by Gasteiger charge is 2.29. The highest BCUT2D eigenvalue weighted by Crippen LogP contribution is 2.28. The first-order chi connectivity index (χ1) is 41.4. The van der Waals surface area contributed by atoms with Crippen LogP contribution in [-0.2, 0) is 49.6 Å². The third-order valence-electron chi connectivity index (χ3n) is 13.6. The van der Waals surface area contributed by atoms with Gasteiger partial charge in [-0.25, -0.2) is 4.79 Å². The molecule has 3 aromatic rings. The molecule has 0 bridgehead atoms. The van der Waals surface area contributed by atoms with Crippen molar-refractivity contribution in [1.82, 2.24) is 56.8 Å². The molecule has 3 atom stereocenters. The van der Waals surface area contributed by atoms with Crippen LogP contribution in [0.1, 0.15) is 68.1 Å². The van der Waals surface area contributed by atoms with Crippen molar-refractivity contribution in [1.29, 1.82) is 0 Å². The first kappa shape index (κ1) is 70.2. The third-order valence-corrected chi connectivity index (χ3v) is 13.6. The van der Waals surface area contributed by atoms with E-state index in [2.05, 4.69) is 42.2 Å². The number of aromatic hydroxyl groups is 1. The number of carbonyl (C=O) groups excluding carboxylic acids is 6. The van der Waals surface area contributed by atoms with Gasteiger partial charge in [-0.3, -0.25) is 68.8 Å². The number of benzene rings is 3. The average Bonchev–Trinajstić information content (AvgIpc) is 2.39. The lowest BCUT2D eigenvalue weighted by molar-refractivity contribution is -0.140. The van der Waals surface area contributed by atoms with Crippen molar-refractivity contribution in [2.24, 2.45) is 10.7 Å². The Hall–Kier alpha value is -8.28. The fourth-order valence-electron chi connectivity index (χ4n) is 8.99. The van der Waals surface area contributed by atoms with Crippen molar-refractivity contribution in [2.75, 3.05) is 125 Å². The monoisotopic (exact) mass is 1200 g/mol. The first-order valence-corrected chi connectivity index (χ1v) is 28.8. The van der Waals surface area contributed by atoms with E-state index >= 15 is 0 Å². The van der Waals surface area contributed by atoms with E-state index in [0.29, 0.717) is 55.6 Å². The van der Waals surface area contributed by atoms with Gasteiger partial charge in [0, 0.05) is 104 Å². The van der Waals surface area contributed by atoms with Crippen LogP contribution in [0.5, 0.6) is 11.5 Å². The predicted molar refractivity (Wildman–Crippen MR) is 317 cm³/mol.